The predicted octanol–water partition coefficient (Wildman–Crippen LogP) is 0.348. The van der Waals surface area contributed by atoms with Crippen molar-refractivity contribution in [2.45, 2.75) is 25.3 Å². The maximum Gasteiger partial charge on any atom is 0.234 e. The maximum absolute atomic E-state index is 11.4. The van der Waals surface area contributed by atoms with Crippen LogP contribution in [0.15, 0.2) is 12.2 Å². The molecule has 1 rings (SSSR count). The van der Waals surface area contributed by atoms with Gasteiger partial charge in [-0.1, -0.05) is 12.2 Å². The van der Waals surface area contributed by atoms with Gasteiger partial charge in [0.15, 0.2) is 0 Å². The molecule has 0 saturated carbocycles. The van der Waals surface area contributed by atoms with Gasteiger partial charge < -0.3 is 16.0 Å². The van der Waals surface area contributed by atoms with Crippen LogP contribution in [0.25, 0.3) is 0 Å². The average molecular weight is 225 g/mol. The molecule has 92 valence electrons. The molecule has 2 unspecified atom stereocenters. The van der Waals surface area contributed by atoms with Crippen molar-refractivity contribution in [1.82, 2.24) is 10.2 Å². The molecule has 0 radical (unpaired) electrons. The number of hydrogen-bond acceptors (Lipinski definition) is 3. The Morgan fingerprint density at radius 2 is 2.31 bits per heavy atom. The van der Waals surface area contributed by atoms with Crippen LogP contribution in [0.2, 0.25) is 0 Å². The monoisotopic (exact) mass is 225 g/mol. The summed E-state index contributed by atoms with van der Waals surface area (Å²) in [5.41, 5.74) is 5.45. The lowest BCUT2D eigenvalue weighted by Gasteiger charge is -2.27. The van der Waals surface area contributed by atoms with Crippen LogP contribution >= 0.6 is 0 Å². The molecule has 0 fully saturated rings. The lowest BCUT2D eigenvalue weighted by molar-refractivity contribution is -0.121. The molecule has 0 spiro atoms. The number of nitrogens with zero attached hydrogens (tertiary/aromatic N) is 1. The highest BCUT2D eigenvalue weighted by Crippen LogP contribution is 2.21. The number of allylic oxidation sites excluding steroid dienone is 2. The van der Waals surface area contributed by atoms with Gasteiger partial charge in [0.25, 0.3) is 0 Å². The standard InChI is InChI=1S/C12H23N3O/c1-15(2)9-8-14-11(12(13)16)10-6-4-3-5-7-10/h3-4,10-11,14H,5-9H2,1-2H3,(H2,13,16). The minimum Gasteiger partial charge on any atom is -0.368 e. The van der Waals surface area contributed by atoms with Gasteiger partial charge >= 0.3 is 0 Å². The number of nitrogens with two attached hydrogens (primary N) is 1. The molecule has 16 heavy (non-hydrogen) atoms. The number of carbonyl (C=O) groups is 1. The number of likely N-dealkylation sites (N-methyl/N-ethyl adjacent to an activating group) is 1. The van der Waals surface area contributed by atoms with Crippen molar-refractivity contribution in [3.05, 3.63) is 12.2 Å². The normalized spacial score (nSPS) is 22.3. The van der Waals surface area contributed by atoms with E-state index in [-0.39, 0.29) is 11.9 Å². The van der Waals surface area contributed by atoms with Crippen molar-refractivity contribution >= 4 is 5.91 Å². The van der Waals surface area contributed by atoms with Crippen molar-refractivity contribution in [2.75, 3.05) is 27.2 Å². The lowest BCUT2D eigenvalue weighted by atomic mass is 9.87. The van der Waals surface area contributed by atoms with Crippen molar-refractivity contribution < 1.29 is 4.79 Å². The van der Waals surface area contributed by atoms with Crippen LogP contribution < -0.4 is 11.1 Å². The average Bonchev–Trinajstić information content (AvgIpc) is 2.25. The van der Waals surface area contributed by atoms with E-state index in [2.05, 4.69) is 22.4 Å². The van der Waals surface area contributed by atoms with Gasteiger partial charge in [0.05, 0.1) is 6.04 Å². The SMILES string of the molecule is CN(C)CCNC(C(N)=O)C1CC=CCC1. The van der Waals surface area contributed by atoms with E-state index in [1.807, 2.05) is 14.1 Å². The van der Waals surface area contributed by atoms with E-state index in [4.69, 9.17) is 5.73 Å². The van der Waals surface area contributed by atoms with Gasteiger partial charge in [0, 0.05) is 13.1 Å². The van der Waals surface area contributed by atoms with Gasteiger partial charge in [0.2, 0.25) is 5.91 Å². The Bertz CT molecular complexity index is 251. The predicted molar refractivity (Wildman–Crippen MR) is 66.0 cm³/mol. The molecule has 0 saturated heterocycles. The van der Waals surface area contributed by atoms with E-state index in [1.165, 1.54) is 0 Å². The second-order valence-corrected chi connectivity index (χ2v) is 4.68. The highest BCUT2D eigenvalue weighted by Gasteiger charge is 2.25. The summed E-state index contributed by atoms with van der Waals surface area (Å²) < 4.78 is 0. The number of carbonyl (C=O) groups excluding carboxylic acids is 1. The molecule has 2 atom stereocenters. The van der Waals surface area contributed by atoms with E-state index in [0.717, 1.165) is 32.4 Å². The molecule has 4 heteroatoms. The second-order valence-electron chi connectivity index (χ2n) is 4.68. The minimum atomic E-state index is -0.223. The van der Waals surface area contributed by atoms with Crippen molar-refractivity contribution in [1.29, 1.82) is 0 Å². The van der Waals surface area contributed by atoms with Crippen LogP contribution in [0.4, 0.5) is 0 Å². The third-order valence-corrected chi connectivity index (χ3v) is 3.01. The van der Waals surface area contributed by atoms with E-state index in [0.29, 0.717) is 5.92 Å². The highest BCUT2D eigenvalue weighted by atomic mass is 16.1. The molecule has 0 aromatic heterocycles. The molecular formula is C12H23N3O. The van der Waals surface area contributed by atoms with Gasteiger partial charge in [-0.3, -0.25) is 4.79 Å². The minimum absolute atomic E-state index is 0.176. The zero-order valence-electron chi connectivity index (χ0n) is 10.3. The van der Waals surface area contributed by atoms with Crippen LogP contribution in [0, 0.1) is 5.92 Å². The Hall–Kier alpha value is -0.870. The third kappa shape index (κ3) is 4.33. The first-order valence-electron chi connectivity index (χ1n) is 5.93. The first-order valence-corrected chi connectivity index (χ1v) is 5.93. The summed E-state index contributed by atoms with van der Waals surface area (Å²) in [6.45, 7) is 1.73. The second kappa shape index (κ2) is 6.66. The Labute approximate surface area is 97.9 Å². The van der Waals surface area contributed by atoms with Crippen molar-refractivity contribution in [3.8, 4) is 0 Å². The molecule has 0 aliphatic heterocycles. The number of hydrogen-bond donors (Lipinski definition) is 2. The molecule has 1 aliphatic rings. The molecule has 0 aromatic rings. The quantitative estimate of drug-likeness (QED) is 0.641. The summed E-state index contributed by atoms with van der Waals surface area (Å²) >= 11 is 0. The lowest BCUT2D eigenvalue weighted by Crippen LogP contribution is -2.48. The van der Waals surface area contributed by atoms with Crippen LogP contribution in [0.1, 0.15) is 19.3 Å². The molecule has 0 bridgehead atoms. The summed E-state index contributed by atoms with van der Waals surface area (Å²) in [5, 5.41) is 3.27. The topological polar surface area (TPSA) is 58.4 Å². The fourth-order valence-corrected chi connectivity index (χ4v) is 2.06. The zero-order valence-corrected chi connectivity index (χ0v) is 10.3. The number of nitrogens with one attached hydrogen (secondary N) is 1. The number of amides is 1. The Kier molecular flexibility index (Phi) is 5.49. The van der Waals surface area contributed by atoms with E-state index in [1.54, 1.807) is 0 Å². The van der Waals surface area contributed by atoms with Gasteiger partial charge in [-0.25, -0.2) is 0 Å². The number of primary amides is 1. The Balaban J connectivity index is 2.41. The molecular weight excluding hydrogens is 202 g/mol. The first-order chi connectivity index (χ1) is 7.61. The van der Waals surface area contributed by atoms with Gasteiger partial charge in [0.1, 0.15) is 0 Å². The number of rotatable bonds is 6. The van der Waals surface area contributed by atoms with Crippen molar-refractivity contribution in [3.63, 3.8) is 0 Å². The summed E-state index contributed by atoms with van der Waals surface area (Å²) in [5.74, 6) is 0.142. The highest BCUT2D eigenvalue weighted by molar-refractivity contribution is 5.80. The molecule has 1 amide bonds. The van der Waals surface area contributed by atoms with Crippen LogP contribution in [-0.2, 0) is 4.79 Å². The van der Waals surface area contributed by atoms with Crippen LogP contribution in [0.5, 0.6) is 0 Å². The largest absolute Gasteiger partial charge is 0.368 e. The maximum atomic E-state index is 11.4. The summed E-state index contributed by atoms with van der Waals surface area (Å²) in [6.07, 6.45) is 7.40. The molecule has 0 aromatic carbocycles. The van der Waals surface area contributed by atoms with E-state index >= 15 is 0 Å². The Morgan fingerprint density at radius 3 is 2.81 bits per heavy atom. The van der Waals surface area contributed by atoms with Gasteiger partial charge in [-0.15, -0.1) is 0 Å². The van der Waals surface area contributed by atoms with Crippen LogP contribution in [0.3, 0.4) is 0 Å². The summed E-state index contributed by atoms with van der Waals surface area (Å²) in [7, 11) is 4.04. The summed E-state index contributed by atoms with van der Waals surface area (Å²) in [4.78, 5) is 13.5. The molecule has 0 heterocycles. The first kappa shape index (κ1) is 13.2. The van der Waals surface area contributed by atoms with Crippen LogP contribution in [-0.4, -0.2) is 44.0 Å². The van der Waals surface area contributed by atoms with Crippen molar-refractivity contribution in [2.24, 2.45) is 11.7 Å². The Morgan fingerprint density at radius 1 is 1.56 bits per heavy atom. The smallest absolute Gasteiger partial charge is 0.234 e. The molecule has 1 aliphatic carbocycles. The summed E-state index contributed by atoms with van der Waals surface area (Å²) in [6, 6.07) is -0.176. The molecule has 3 N–H and O–H groups in total. The molecule has 4 nitrogen and oxygen atoms in total. The fourth-order valence-electron chi connectivity index (χ4n) is 2.06. The van der Waals surface area contributed by atoms with Gasteiger partial charge in [-0.05, 0) is 39.3 Å². The van der Waals surface area contributed by atoms with E-state index in [9.17, 15) is 4.79 Å². The fraction of sp³-hybridized carbons (Fsp3) is 0.750. The van der Waals surface area contributed by atoms with Gasteiger partial charge in [-0.2, -0.15) is 0 Å². The zero-order chi connectivity index (χ0) is 12.0. The van der Waals surface area contributed by atoms with E-state index < -0.39 is 0 Å². The third-order valence-electron chi connectivity index (χ3n) is 3.01.